The Kier molecular flexibility index (Phi) is 9.19. The number of aliphatic hydroxyl groups is 1. The molecule has 43 heavy (non-hydrogen) atoms. The Hall–Kier alpha value is -3.17. The smallest absolute Gasteiger partial charge is 0.247 e. The van der Waals surface area contributed by atoms with Gasteiger partial charge in [-0.2, -0.15) is 4.98 Å². The van der Waals surface area contributed by atoms with E-state index in [2.05, 4.69) is 64.6 Å². The van der Waals surface area contributed by atoms with E-state index in [1.54, 1.807) is 0 Å². The molecule has 9 heteroatoms. The first-order chi connectivity index (χ1) is 20.9. The summed E-state index contributed by atoms with van der Waals surface area (Å²) in [5.41, 5.74) is 5.01. The molecule has 2 aromatic heterocycles. The summed E-state index contributed by atoms with van der Waals surface area (Å²) in [5, 5.41) is 22.8. The molecule has 0 radical (unpaired) electrons. The summed E-state index contributed by atoms with van der Waals surface area (Å²) >= 11 is 6.12. The number of rotatable bonds is 10. The normalized spacial score (nSPS) is 20.9. The summed E-state index contributed by atoms with van der Waals surface area (Å²) in [6.07, 6.45) is 4.99. The van der Waals surface area contributed by atoms with Crippen molar-refractivity contribution in [2.45, 2.75) is 45.1 Å². The number of piperidine rings is 2. The first kappa shape index (κ1) is 29.9. The van der Waals surface area contributed by atoms with E-state index in [0.29, 0.717) is 11.0 Å². The fourth-order valence-electron chi connectivity index (χ4n) is 6.99. The van der Waals surface area contributed by atoms with Crippen LogP contribution >= 0.6 is 11.6 Å². The van der Waals surface area contributed by atoms with Crippen molar-refractivity contribution in [2.24, 2.45) is 11.8 Å². The van der Waals surface area contributed by atoms with Gasteiger partial charge in [-0.25, -0.2) is 4.52 Å². The molecular formula is C34H44ClN7O. The van der Waals surface area contributed by atoms with Crippen LogP contribution in [0.3, 0.4) is 0 Å². The van der Waals surface area contributed by atoms with Crippen molar-refractivity contribution < 1.29 is 5.11 Å². The van der Waals surface area contributed by atoms with E-state index in [0.717, 1.165) is 80.0 Å². The fourth-order valence-corrected chi connectivity index (χ4v) is 7.11. The lowest BCUT2D eigenvalue weighted by Gasteiger charge is -2.42. The van der Waals surface area contributed by atoms with Gasteiger partial charge in [-0.15, -0.1) is 5.10 Å². The second-order valence-electron chi connectivity index (χ2n) is 12.7. The van der Waals surface area contributed by atoms with Crippen LogP contribution < -0.4 is 15.5 Å². The molecule has 2 aliphatic heterocycles. The van der Waals surface area contributed by atoms with Gasteiger partial charge in [0.2, 0.25) is 5.95 Å². The predicted octanol–water partition coefficient (Wildman–Crippen LogP) is 5.72. The molecule has 2 saturated heterocycles. The highest BCUT2D eigenvalue weighted by molar-refractivity contribution is 6.30. The number of anilines is 3. The van der Waals surface area contributed by atoms with E-state index < -0.39 is 0 Å². The van der Waals surface area contributed by atoms with Gasteiger partial charge in [0.05, 0.1) is 12.3 Å². The zero-order chi connectivity index (χ0) is 29.8. The molecule has 8 nitrogen and oxygen atoms in total. The summed E-state index contributed by atoms with van der Waals surface area (Å²) in [4.78, 5) is 9.81. The van der Waals surface area contributed by atoms with Crippen LogP contribution in [-0.2, 0) is 12.0 Å². The maximum absolute atomic E-state index is 10.4. The molecule has 2 aromatic carbocycles. The topological polar surface area (TPSA) is 81.0 Å². The standard InChI is InChI=1S/C34H44ClN7O/c1-25-20-26(2)23-40(22-25)19-15-36-21-27-5-11-30(12-6-27)37-33-38-32-31(4-3-16-42(32)39-33)41-17-13-34(24-43,14-18-41)28-7-9-29(35)10-8-28/h3-12,16,25-26,36,43H,13-15,17-24H2,1-2H3,(H,37,39). The zero-order valence-corrected chi connectivity index (χ0v) is 26.1. The molecule has 228 valence electrons. The average Bonchev–Trinajstić information content (AvgIpc) is 3.43. The monoisotopic (exact) mass is 601 g/mol. The Labute approximate surface area is 260 Å². The highest BCUT2D eigenvalue weighted by Gasteiger charge is 2.36. The highest BCUT2D eigenvalue weighted by atomic mass is 35.5. The maximum atomic E-state index is 10.4. The number of fused-ring (bicyclic) bond motifs is 1. The molecule has 2 aliphatic rings. The van der Waals surface area contributed by atoms with Crippen LogP contribution in [0.2, 0.25) is 5.02 Å². The molecule has 0 bridgehead atoms. The van der Waals surface area contributed by atoms with E-state index in [4.69, 9.17) is 21.7 Å². The first-order valence-electron chi connectivity index (χ1n) is 15.7. The van der Waals surface area contributed by atoms with Gasteiger partial charge >= 0.3 is 0 Å². The molecule has 0 saturated carbocycles. The van der Waals surface area contributed by atoms with Crippen molar-refractivity contribution in [1.29, 1.82) is 0 Å². The maximum Gasteiger partial charge on any atom is 0.247 e. The lowest BCUT2D eigenvalue weighted by Crippen LogP contribution is -2.45. The van der Waals surface area contributed by atoms with Crippen LogP contribution in [0.4, 0.5) is 17.3 Å². The number of aliphatic hydroxyl groups excluding tert-OH is 1. The molecule has 0 aliphatic carbocycles. The van der Waals surface area contributed by atoms with Crippen molar-refractivity contribution in [3.8, 4) is 0 Å². The van der Waals surface area contributed by atoms with Crippen molar-refractivity contribution in [1.82, 2.24) is 24.8 Å². The number of benzene rings is 2. The molecule has 2 unspecified atom stereocenters. The van der Waals surface area contributed by atoms with Gasteiger partial charge < -0.3 is 25.5 Å². The molecular weight excluding hydrogens is 558 g/mol. The highest BCUT2D eigenvalue weighted by Crippen LogP contribution is 2.38. The van der Waals surface area contributed by atoms with E-state index >= 15 is 0 Å². The predicted molar refractivity (Wildman–Crippen MR) is 175 cm³/mol. The van der Waals surface area contributed by atoms with Crippen molar-refractivity contribution in [3.63, 3.8) is 0 Å². The second kappa shape index (κ2) is 13.2. The van der Waals surface area contributed by atoms with Gasteiger partial charge in [-0.1, -0.05) is 49.7 Å². The van der Waals surface area contributed by atoms with Crippen molar-refractivity contribution >= 4 is 34.6 Å². The number of nitrogens with zero attached hydrogens (tertiary/aromatic N) is 5. The summed E-state index contributed by atoms with van der Waals surface area (Å²) in [7, 11) is 0. The third-order valence-electron chi connectivity index (χ3n) is 9.25. The van der Waals surface area contributed by atoms with Gasteiger partial charge in [-0.3, -0.25) is 0 Å². The third kappa shape index (κ3) is 6.99. The van der Waals surface area contributed by atoms with Gasteiger partial charge in [0.25, 0.3) is 0 Å². The molecule has 6 rings (SSSR count). The summed E-state index contributed by atoms with van der Waals surface area (Å²) < 4.78 is 1.84. The van der Waals surface area contributed by atoms with E-state index in [1.807, 2.05) is 41.0 Å². The minimum atomic E-state index is -0.251. The Bertz CT molecular complexity index is 1470. The van der Waals surface area contributed by atoms with Crippen LogP contribution in [-0.4, -0.2) is 70.5 Å². The minimum absolute atomic E-state index is 0.123. The second-order valence-corrected chi connectivity index (χ2v) is 13.2. The number of likely N-dealkylation sites (tertiary alicyclic amines) is 1. The molecule has 2 atom stereocenters. The van der Waals surface area contributed by atoms with Gasteiger partial charge in [0.1, 0.15) is 0 Å². The SMILES string of the molecule is CC1CC(C)CN(CCNCc2ccc(Nc3nc4c(N5CCC(CO)(c6ccc(Cl)cc6)CC5)cccn4n3)cc2)C1. The van der Waals surface area contributed by atoms with E-state index in [-0.39, 0.29) is 12.0 Å². The molecule has 0 spiro atoms. The number of hydrogen-bond donors (Lipinski definition) is 3. The number of aromatic nitrogens is 3. The summed E-state index contributed by atoms with van der Waals surface area (Å²) in [5.74, 6) is 2.18. The number of halogens is 1. The fraction of sp³-hybridized carbons (Fsp3) is 0.471. The van der Waals surface area contributed by atoms with E-state index in [1.165, 1.54) is 25.1 Å². The summed E-state index contributed by atoms with van der Waals surface area (Å²) in [6, 6.07) is 20.5. The number of hydrogen-bond acceptors (Lipinski definition) is 7. The molecule has 4 heterocycles. The van der Waals surface area contributed by atoms with Crippen molar-refractivity contribution in [3.05, 3.63) is 83.0 Å². The van der Waals surface area contributed by atoms with Gasteiger partial charge in [0, 0.05) is 68.1 Å². The van der Waals surface area contributed by atoms with Crippen LogP contribution in [0.15, 0.2) is 66.9 Å². The zero-order valence-electron chi connectivity index (χ0n) is 25.3. The molecule has 3 N–H and O–H groups in total. The summed E-state index contributed by atoms with van der Waals surface area (Å²) in [6.45, 7) is 11.9. The largest absolute Gasteiger partial charge is 0.395 e. The van der Waals surface area contributed by atoms with Crippen LogP contribution in [0.1, 0.15) is 44.2 Å². The van der Waals surface area contributed by atoms with Crippen LogP contribution in [0.5, 0.6) is 0 Å². The number of pyridine rings is 1. The average molecular weight is 602 g/mol. The Morgan fingerprint density at radius 1 is 0.977 bits per heavy atom. The van der Waals surface area contributed by atoms with Crippen LogP contribution in [0, 0.1) is 11.8 Å². The molecule has 4 aromatic rings. The van der Waals surface area contributed by atoms with Crippen molar-refractivity contribution in [2.75, 3.05) is 56.1 Å². The number of nitrogens with one attached hydrogen (secondary N) is 2. The minimum Gasteiger partial charge on any atom is -0.395 e. The quantitative estimate of drug-likeness (QED) is 0.201. The Balaban J connectivity index is 1.04. The first-order valence-corrected chi connectivity index (χ1v) is 16.0. The van der Waals surface area contributed by atoms with Gasteiger partial charge in [0.15, 0.2) is 5.65 Å². The van der Waals surface area contributed by atoms with Crippen LogP contribution in [0.25, 0.3) is 5.65 Å². The lowest BCUT2D eigenvalue weighted by molar-refractivity contribution is 0.142. The van der Waals surface area contributed by atoms with Gasteiger partial charge in [-0.05, 0) is 78.6 Å². The third-order valence-corrected chi connectivity index (χ3v) is 9.50. The Morgan fingerprint density at radius 3 is 2.40 bits per heavy atom. The molecule has 2 fully saturated rings. The Morgan fingerprint density at radius 2 is 1.70 bits per heavy atom. The molecule has 0 amide bonds. The lowest BCUT2D eigenvalue weighted by atomic mass is 9.73. The van der Waals surface area contributed by atoms with E-state index in [9.17, 15) is 5.11 Å².